The molecule has 0 spiro atoms. The van der Waals surface area contributed by atoms with Crippen LogP contribution in [-0.4, -0.2) is 31.5 Å². The molecular weight excluding hydrogens is 414 g/mol. The van der Waals surface area contributed by atoms with Gasteiger partial charge in [0.1, 0.15) is 16.7 Å². The number of sulfone groups is 1. The topological polar surface area (TPSA) is 126 Å². The van der Waals surface area contributed by atoms with Crippen molar-refractivity contribution in [3.05, 3.63) is 70.6 Å². The third kappa shape index (κ3) is 4.66. The first-order valence-electron chi connectivity index (χ1n) is 8.08. The molecule has 1 N–H and O–H groups in total. The largest absolute Gasteiger partial charge is 0.422 e. The lowest BCUT2D eigenvalue weighted by molar-refractivity contribution is 0.0733. The van der Waals surface area contributed by atoms with Crippen LogP contribution in [0.3, 0.4) is 0 Å². The quantitative estimate of drug-likeness (QED) is 0.490. The molecule has 2 aromatic carbocycles. The van der Waals surface area contributed by atoms with E-state index in [0.717, 1.165) is 17.6 Å². The molecule has 0 saturated carbocycles. The van der Waals surface area contributed by atoms with Crippen LogP contribution in [0.4, 0.5) is 5.13 Å². The summed E-state index contributed by atoms with van der Waals surface area (Å²) in [5, 5.41) is 11.1. The van der Waals surface area contributed by atoms with Crippen LogP contribution in [0.2, 0.25) is 0 Å². The number of esters is 1. The number of anilines is 1. The molecule has 3 rings (SSSR count). The first kappa shape index (κ1) is 20.2. The van der Waals surface area contributed by atoms with Crippen molar-refractivity contribution in [2.45, 2.75) is 5.03 Å². The monoisotopic (exact) mass is 427 g/mol. The van der Waals surface area contributed by atoms with E-state index in [1.165, 1.54) is 12.1 Å². The summed E-state index contributed by atoms with van der Waals surface area (Å²) in [6.45, 7) is 0. The standard InChI is InChI=1S/C19H13N3O5S2/c1-29(25,26)17-15(11-20)28-19(22-17)21-16(23)13-9-5-6-10-14(13)27-18(24)12-7-3-2-4-8-12/h2-10H,1H3,(H,21,22,23). The summed E-state index contributed by atoms with van der Waals surface area (Å²) < 4.78 is 28.8. The molecule has 1 aromatic heterocycles. The molecule has 1 amide bonds. The van der Waals surface area contributed by atoms with Crippen molar-refractivity contribution in [1.82, 2.24) is 4.98 Å². The zero-order valence-electron chi connectivity index (χ0n) is 14.9. The molecule has 0 fully saturated rings. The van der Waals surface area contributed by atoms with E-state index < -0.39 is 26.7 Å². The second-order valence-corrected chi connectivity index (χ2v) is 8.67. The van der Waals surface area contributed by atoms with Gasteiger partial charge in [-0.1, -0.05) is 41.7 Å². The van der Waals surface area contributed by atoms with Gasteiger partial charge in [-0.25, -0.2) is 18.2 Å². The molecule has 29 heavy (non-hydrogen) atoms. The third-order valence-electron chi connectivity index (χ3n) is 3.61. The smallest absolute Gasteiger partial charge is 0.343 e. The first-order chi connectivity index (χ1) is 13.8. The average Bonchev–Trinajstić information content (AvgIpc) is 3.12. The molecule has 10 heteroatoms. The molecule has 146 valence electrons. The van der Waals surface area contributed by atoms with Gasteiger partial charge in [-0.15, -0.1) is 0 Å². The summed E-state index contributed by atoms with van der Waals surface area (Å²) in [4.78, 5) is 28.6. The molecule has 0 bridgehead atoms. The number of amides is 1. The summed E-state index contributed by atoms with van der Waals surface area (Å²) in [7, 11) is -3.72. The minimum absolute atomic E-state index is 0.0271. The van der Waals surface area contributed by atoms with Gasteiger partial charge in [0.15, 0.2) is 20.0 Å². The van der Waals surface area contributed by atoms with Gasteiger partial charge in [-0.3, -0.25) is 10.1 Å². The van der Waals surface area contributed by atoms with Crippen molar-refractivity contribution in [2.24, 2.45) is 0 Å². The lowest BCUT2D eigenvalue weighted by atomic mass is 10.2. The fraction of sp³-hybridized carbons (Fsp3) is 0.0526. The second-order valence-electron chi connectivity index (χ2n) is 5.74. The molecule has 0 aliphatic rings. The van der Waals surface area contributed by atoms with Gasteiger partial charge in [0, 0.05) is 6.26 Å². The fourth-order valence-corrected chi connectivity index (χ4v) is 4.25. The molecule has 3 aromatic rings. The fourth-order valence-electron chi connectivity index (χ4n) is 2.32. The van der Waals surface area contributed by atoms with Crippen LogP contribution in [0.5, 0.6) is 5.75 Å². The van der Waals surface area contributed by atoms with Gasteiger partial charge in [-0.05, 0) is 24.3 Å². The van der Waals surface area contributed by atoms with Gasteiger partial charge in [0.05, 0.1) is 11.1 Å². The number of ether oxygens (including phenoxy) is 1. The van der Waals surface area contributed by atoms with E-state index in [-0.39, 0.29) is 21.3 Å². The Bertz CT molecular complexity index is 1230. The number of carbonyl (C=O) groups excluding carboxylic acids is 2. The Morgan fingerprint density at radius 3 is 2.38 bits per heavy atom. The lowest BCUT2D eigenvalue weighted by Gasteiger charge is -2.09. The van der Waals surface area contributed by atoms with Crippen LogP contribution in [0.15, 0.2) is 59.6 Å². The van der Waals surface area contributed by atoms with Crippen molar-refractivity contribution in [1.29, 1.82) is 5.26 Å². The van der Waals surface area contributed by atoms with Crippen molar-refractivity contribution in [3.63, 3.8) is 0 Å². The minimum Gasteiger partial charge on any atom is -0.422 e. The second kappa shape index (κ2) is 8.22. The van der Waals surface area contributed by atoms with Crippen LogP contribution in [0.1, 0.15) is 25.6 Å². The van der Waals surface area contributed by atoms with Crippen LogP contribution in [0, 0.1) is 11.3 Å². The first-order valence-corrected chi connectivity index (χ1v) is 10.8. The molecule has 0 unspecified atom stereocenters. The molecule has 1 heterocycles. The van der Waals surface area contributed by atoms with Gasteiger partial charge < -0.3 is 4.74 Å². The van der Waals surface area contributed by atoms with Gasteiger partial charge in [0.2, 0.25) is 0 Å². The Morgan fingerprint density at radius 2 is 1.76 bits per heavy atom. The molecule has 0 atom stereocenters. The number of rotatable bonds is 5. The maximum Gasteiger partial charge on any atom is 0.343 e. The maximum absolute atomic E-state index is 12.6. The lowest BCUT2D eigenvalue weighted by Crippen LogP contribution is -2.16. The summed E-state index contributed by atoms with van der Waals surface area (Å²) >= 11 is 0.735. The molecule has 8 nitrogen and oxygen atoms in total. The zero-order valence-corrected chi connectivity index (χ0v) is 16.6. The number of nitrogens with one attached hydrogen (secondary N) is 1. The normalized spacial score (nSPS) is 10.8. The summed E-state index contributed by atoms with van der Waals surface area (Å²) in [6, 6.07) is 16.1. The van der Waals surface area contributed by atoms with Crippen LogP contribution in [-0.2, 0) is 9.84 Å². The molecule has 0 aliphatic carbocycles. The van der Waals surface area contributed by atoms with E-state index in [2.05, 4.69) is 10.3 Å². The van der Waals surface area contributed by atoms with E-state index in [9.17, 15) is 18.0 Å². The molecular formula is C19H13N3O5S2. The van der Waals surface area contributed by atoms with E-state index >= 15 is 0 Å². The van der Waals surface area contributed by atoms with Crippen molar-refractivity contribution in [3.8, 4) is 11.8 Å². The highest BCUT2D eigenvalue weighted by Crippen LogP contribution is 2.27. The van der Waals surface area contributed by atoms with E-state index in [0.29, 0.717) is 5.56 Å². The predicted molar refractivity (Wildman–Crippen MR) is 106 cm³/mol. The van der Waals surface area contributed by atoms with E-state index in [1.807, 2.05) is 0 Å². The Balaban J connectivity index is 1.85. The summed E-state index contributed by atoms with van der Waals surface area (Å²) in [5.74, 6) is -1.27. The van der Waals surface area contributed by atoms with Crippen LogP contribution in [0.25, 0.3) is 0 Å². The van der Waals surface area contributed by atoms with Gasteiger partial charge in [0.25, 0.3) is 5.91 Å². The zero-order chi connectivity index (χ0) is 21.0. The minimum atomic E-state index is -3.72. The number of thiazole rings is 1. The molecule has 0 aliphatic heterocycles. The number of carbonyl (C=O) groups is 2. The van der Waals surface area contributed by atoms with Gasteiger partial charge in [-0.2, -0.15) is 5.26 Å². The number of aromatic nitrogens is 1. The van der Waals surface area contributed by atoms with Gasteiger partial charge >= 0.3 is 5.97 Å². The number of para-hydroxylation sites is 1. The Kier molecular flexibility index (Phi) is 5.72. The number of hydrogen-bond acceptors (Lipinski definition) is 8. The highest BCUT2D eigenvalue weighted by Gasteiger charge is 2.22. The van der Waals surface area contributed by atoms with Crippen molar-refractivity contribution >= 4 is 38.2 Å². The van der Waals surface area contributed by atoms with E-state index in [1.54, 1.807) is 48.5 Å². The summed E-state index contributed by atoms with van der Waals surface area (Å²) in [6.07, 6.45) is 0.923. The number of benzene rings is 2. The van der Waals surface area contributed by atoms with Crippen molar-refractivity contribution < 1.29 is 22.7 Å². The number of hydrogen-bond donors (Lipinski definition) is 1. The van der Waals surface area contributed by atoms with Crippen LogP contribution < -0.4 is 10.1 Å². The summed E-state index contributed by atoms with van der Waals surface area (Å²) in [5.41, 5.74) is 0.366. The highest BCUT2D eigenvalue weighted by molar-refractivity contribution is 7.90. The SMILES string of the molecule is CS(=O)(=O)c1nc(NC(=O)c2ccccc2OC(=O)c2ccccc2)sc1C#N. The highest BCUT2D eigenvalue weighted by atomic mass is 32.2. The third-order valence-corrected chi connectivity index (χ3v) is 5.62. The number of nitriles is 1. The number of nitrogens with zero attached hydrogens (tertiary/aromatic N) is 2. The maximum atomic E-state index is 12.6. The molecule has 0 saturated heterocycles. The predicted octanol–water partition coefficient (Wildman–Crippen LogP) is 2.89. The molecule has 0 radical (unpaired) electrons. The average molecular weight is 427 g/mol. The Morgan fingerprint density at radius 1 is 1.10 bits per heavy atom. The van der Waals surface area contributed by atoms with Crippen molar-refractivity contribution in [2.75, 3.05) is 11.6 Å². The Hall–Kier alpha value is -3.55. The van der Waals surface area contributed by atoms with Crippen LogP contribution >= 0.6 is 11.3 Å². The van der Waals surface area contributed by atoms with E-state index in [4.69, 9.17) is 10.00 Å². The Labute approximate surface area is 170 Å².